The molecule has 1 fully saturated rings. The van der Waals surface area contributed by atoms with Gasteiger partial charge >= 0.3 is 0 Å². The predicted molar refractivity (Wildman–Crippen MR) is 79.8 cm³/mol. The van der Waals surface area contributed by atoms with Crippen LogP contribution in [-0.4, -0.2) is 23.6 Å². The van der Waals surface area contributed by atoms with E-state index in [-0.39, 0.29) is 0 Å². The van der Waals surface area contributed by atoms with Crippen molar-refractivity contribution in [1.82, 2.24) is 0 Å². The van der Waals surface area contributed by atoms with Gasteiger partial charge in [0, 0.05) is 40.2 Å². The Balaban J connectivity index is 2.19. The minimum atomic E-state index is 0.315. The molecule has 0 unspecified atom stereocenters. The number of thioether (sulfide) groups is 1. The normalized spacial score (nSPS) is 19.4. The van der Waals surface area contributed by atoms with Gasteiger partial charge in [0.1, 0.15) is 0 Å². The van der Waals surface area contributed by atoms with E-state index in [0.29, 0.717) is 10.6 Å². The SMILES string of the molecule is CC1(C)CN(c2ccc(CCl)c(Cl)c2)CCS1. The van der Waals surface area contributed by atoms with Gasteiger partial charge < -0.3 is 4.90 Å². The lowest BCUT2D eigenvalue weighted by Gasteiger charge is -2.39. The molecule has 1 aromatic carbocycles. The van der Waals surface area contributed by atoms with Crippen LogP contribution in [0.5, 0.6) is 0 Å². The van der Waals surface area contributed by atoms with Crippen molar-refractivity contribution in [3.8, 4) is 0 Å². The summed E-state index contributed by atoms with van der Waals surface area (Å²) in [5, 5.41) is 0.772. The van der Waals surface area contributed by atoms with Crippen molar-refractivity contribution in [1.29, 1.82) is 0 Å². The number of hydrogen-bond donors (Lipinski definition) is 0. The molecule has 0 saturated carbocycles. The predicted octanol–water partition coefficient (Wildman–Crippen LogP) is 4.41. The van der Waals surface area contributed by atoms with E-state index in [1.165, 1.54) is 11.4 Å². The van der Waals surface area contributed by atoms with E-state index in [0.717, 1.165) is 23.7 Å². The Hall–Kier alpha value is -0.0500. The topological polar surface area (TPSA) is 3.24 Å². The molecule has 0 atom stereocenters. The van der Waals surface area contributed by atoms with Gasteiger partial charge in [-0.2, -0.15) is 11.8 Å². The first-order valence-corrected chi connectivity index (χ1v) is 7.65. The van der Waals surface area contributed by atoms with Crippen molar-refractivity contribution in [3.05, 3.63) is 28.8 Å². The zero-order chi connectivity index (χ0) is 12.5. The third-order valence-electron chi connectivity index (χ3n) is 2.97. The monoisotopic (exact) mass is 289 g/mol. The Morgan fingerprint density at radius 1 is 1.41 bits per heavy atom. The highest BCUT2D eigenvalue weighted by molar-refractivity contribution is 8.00. The Kier molecular flexibility index (Phi) is 4.17. The highest BCUT2D eigenvalue weighted by Crippen LogP contribution is 2.33. The molecule has 1 aliphatic rings. The van der Waals surface area contributed by atoms with Crippen LogP contribution in [0, 0.1) is 0 Å². The number of alkyl halides is 1. The van der Waals surface area contributed by atoms with Crippen LogP contribution in [0.4, 0.5) is 5.69 Å². The summed E-state index contributed by atoms with van der Waals surface area (Å²) in [7, 11) is 0. The molecule has 4 heteroatoms. The number of nitrogens with zero attached hydrogens (tertiary/aromatic N) is 1. The lowest BCUT2D eigenvalue weighted by atomic mass is 10.1. The summed E-state index contributed by atoms with van der Waals surface area (Å²) in [5.74, 6) is 1.64. The average Bonchev–Trinajstić information content (AvgIpc) is 2.27. The van der Waals surface area contributed by atoms with Crippen LogP contribution < -0.4 is 4.90 Å². The van der Waals surface area contributed by atoms with Gasteiger partial charge in [-0.25, -0.2) is 0 Å². The van der Waals surface area contributed by atoms with E-state index in [9.17, 15) is 0 Å². The van der Waals surface area contributed by atoms with Crippen LogP contribution in [-0.2, 0) is 5.88 Å². The standard InChI is InChI=1S/C13H17Cl2NS/c1-13(2)9-16(5-6-17-13)11-4-3-10(8-14)12(15)7-11/h3-4,7H,5-6,8-9H2,1-2H3. The van der Waals surface area contributed by atoms with Crippen molar-refractivity contribution in [3.63, 3.8) is 0 Å². The zero-order valence-corrected chi connectivity index (χ0v) is 12.5. The zero-order valence-electron chi connectivity index (χ0n) is 10.2. The fourth-order valence-electron chi connectivity index (χ4n) is 2.08. The fourth-order valence-corrected chi connectivity index (χ4v) is 3.73. The van der Waals surface area contributed by atoms with Crippen molar-refractivity contribution >= 4 is 40.7 Å². The second-order valence-electron chi connectivity index (χ2n) is 4.94. The van der Waals surface area contributed by atoms with Crippen molar-refractivity contribution in [2.45, 2.75) is 24.5 Å². The first-order chi connectivity index (χ1) is 8.02. The Bertz CT molecular complexity index is 406. The molecule has 2 rings (SSSR count). The van der Waals surface area contributed by atoms with Crippen LogP contribution in [0.1, 0.15) is 19.4 Å². The molecular weight excluding hydrogens is 273 g/mol. The number of benzene rings is 1. The molecule has 94 valence electrons. The summed E-state index contributed by atoms with van der Waals surface area (Å²) in [4.78, 5) is 2.40. The quantitative estimate of drug-likeness (QED) is 0.742. The molecule has 1 heterocycles. The van der Waals surface area contributed by atoms with Gasteiger partial charge in [-0.1, -0.05) is 17.7 Å². The van der Waals surface area contributed by atoms with Crippen LogP contribution in [0.3, 0.4) is 0 Å². The minimum Gasteiger partial charge on any atom is -0.369 e. The number of anilines is 1. The van der Waals surface area contributed by atoms with E-state index in [1.54, 1.807) is 0 Å². The molecule has 0 bridgehead atoms. The van der Waals surface area contributed by atoms with Crippen LogP contribution in [0.25, 0.3) is 0 Å². The van der Waals surface area contributed by atoms with Crippen molar-refractivity contribution < 1.29 is 0 Å². The van der Waals surface area contributed by atoms with Gasteiger partial charge in [-0.3, -0.25) is 0 Å². The number of hydrogen-bond acceptors (Lipinski definition) is 2. The molecule has 0 aliphatic carbocycles. The van der Waals surface area contributed by atoms with Gasteiger partial charge in [0.05, 0.1) is 0 Å². The number of halogens is 2. The van der Waals surface area contributed by atoms with Crippen molar-refractivity contribution in [2.24, 2.45) is 0 Å². The molecule has 1 saturated heterocycles. The maximum absolute atomic E-state index is 6.20. The molecule has 1 nitrogen and oxygen atoms in total. The van der Waals surface area contributed by atoms with Gasteiger partial charge in [0.25, 0.3) is 0 Å². The van der Waals surface area contributed by atoms with E-state index in [1.807, 2.05) is 23.9 Å². The van der Waals surface area contributed by atoms with E-state index in [4.69, 9.17) is 23.2 Å². The highest BCUT2D eigenvalue weighted by atomic mass is 35.5. The largest absolute Gasteiger partial charge is 0.369 e. The summed E-state index contributed by atoms with van der Waals surface area (Å²) in [6.45, 7) is 6.73. The second kappa shape index (κ2) is 5.29. The lowest BCUT2D eigenvalue weighted by Crippen LogP contribution is -2.43. The molecule has 0 amide bonds. The third-order valence-corrected chi connectivity index (χ3v) is 4.91. The maximum atomic E-state index is 6.20. The Morgan fingerprint density at radius 3 is 2.76 bits per heavy atom. The number of rotatable bonds is 2. The third kappa shape index (κ3) is 3.24. The van der Waals surface area contributed by atoms with E-state index >= 15 is 0 Å². The molecular formula is C13H17Cl2NS. The van der Waals surface area contributed by atoms with Gasteiger partial charge in [0.15, 0.2) is 0 Å². The Morgan fingerprint density at radius 2 is 2.18 bits per heavy atom. The summed E-state index contributed by atoms with van der Waals surface area (Å²) in [5.41, 5.74) is 2.21. The Labute approximate surface area is 117 Å². The summed E-state index contributed by atoms with van der Waals surface area (Å²) in [6, 6.07) is 6.18. The van der Waals surface area contributed by atoms with Gasteiger partial charge in [-0.05, 0) is 31.5 Å². The molecule has 1 aromatic rings. The maximum Gasteiger partial charge on any atom is 0.0488 e. The molecule has 0 spiro atoms. The first kappa shape index (κ1) is 13.4. The summed E-state index contributed by atoms with van der Waals surface area (Å²) < 4.78 is 0.315. The molecule has 0 N–H and O–H groups in total. The minimum absolute atomic E-state index is 0.315. The van der Waals surface area contributed by atoms with Crippen LogP contribution in [0.2, 0.25) is 5.02 Å². The van der Waals surface area contributed by atoms with E-state index in [2.05, 4.69) is 24.8 Å². The molecule has 0 radical (unpaired) electrons. The average molecular weight is 290 g/mol. The molecule has 17 heavy (non-hydrogen) atoms. The highest BCUT2D eigenvalue weighted by Gasteiger charge is 2.27. The van der Waals surface area contributed by atoms with Gasteiger partial charge in [0.2, 0.25) is 0 Å². The summed E-state index contributed by atoms with van der Waals surface area (Å²) in [6.07, 6.45) is 0. The lowest BCUT2D eigenvalue weighted by molar-refractivity contribution is 0.648. The fraction of sp³-hybridized carbons (Fsp3) is 0.538. The summed E-state index contributed by atoms with van der Waals surface area (Å²) >= 11 is 14.1. The van der Waals surface area contributed by atoms with Crippen LogP contribution in [0.15, 0.2) is 18.2 Å². The van der Waals surface area contributed by atoms with Crippen molar-refractivity contribution in [2.75, 3.05) is 23.7 Å². The van der Waals surface area contributed by atoms with Gasteiger partial charge in [-0.15, -0.1) is 11.6 Å². The molecule has 1 aliphatic heterocycles. The molecule has 0 aromatic heterocycles. The smallest absolute Gasteiger partial charge is 0.0488 e. The second-order valence-corrected chi connectivity index (χ2v) is 7.42. The first-order valence-electron chi connectivity index (χ1n) is 5.75. The van der Waals surface area contributed by atoms with E-state index < -0.39 is 0 Å². The van der Waals surface area contributed by atoms with Crippen LogP contribution >= 0.6 is 35.0 Å².